The van der Waals surface area contributed by atoms with Crippen LogP contribution in [0.5, 0.6) is 0 Å². The van der Waals surface area contributed by atoms with E-state index in [1.54, 1.807) is 11.3 Å². The lowest BCUT2D eigenvalue weighted by molar-refractivity contribution is 0.0323. The van der Waals surface area contributed by atoms with E-state index in [9.17, 15) is 5.11 Å². The van der Waals surface area contributed by atoms with Crippen LogP contribution in [0.15, 0.2) is 6.20 Å². The van der Waals surface area contributed by atoms with Crippen molar-refractivity contribution in [3.05, 3.63) is 16.1 Å². The molecule has 0 bridgehead atoms. The van der Waals surface area contributed by atoms with Gasteiger partial charge in [0, 0.05) is 24.2 Å². The van der Waals surface area contributed by atoms with Gasteiger partial charge in [0.2, 0.25) is 0 Å². The number of thiazole rings is 1. The van der Waals surface area contributed by atoms with E-state index in [0.29, 0.717) is 6.54 Å². The van der Waals surface area contributed by atoms with Gasteiger partial charge in [-0.1, -0.05) is 13.8 Å². The molecule has 0 radical (unpaired) electrons. The number of aliphatic hydroxyl groups is 1. The van der Waals surface area contributed by atoms with Crippen LogP contribution in [0.2, 0.25) is 0 Å². The Morgan fingerprint density at radius 3 is 2.60 bits per heavy atom. The third kappa shape index (κ3) is 3.89. The van der Waals surface area contributed by atoms with Crippen LogP contribution in [0.1, 0.15) is 36.6 Å². The van der Waals surface area contributed by atoms with Crippen molar-refractivity contribution in [2.75, 3.05) is 6.54 Å². The number of rotatable bonds is 6. The van der Waals surface area contributed by atoms with E-state index >= 15 is 0 Å². The average Bonchev–Trinajstić information content (AvgIpc) is 2.64. The Morgan fingerprint density at radius 2 is 2.13 bits per heavy atom. The van der Waals surface area contributed by atoms with Crippen molar-refractivity contribution in [3.8, 4) is 0 Å². The summed E-state index contributed by atoms with van der Waals surface area (Å²) >= 11 is 1.70. The highest BCUT2D eigenvalue weighted by Crippen LogP contribution is 2.14. The van der Waals surface area contributed by atoms with Gasteiger partial charge >= 0.3 is 0 Å². The van der Waals surface area contributed by atoms with Crippen LogP contribution in [0.4, 0.5) is 0 Å². The molecule has 3 nitrogen and oxygen atoms in total. The van der Waals surface area contributed by atoms with E-state index in [0.717, 1.165) is 24.4 Å². The second-order valence-electron chi connectivity index (χ2n) is 3.88. The Hall–Kier alpha value is -0.450. The molecule has 0 unspecified atom stereocenters. The molecule has 1 aromatic heterocycles. The molecule has 0 fully saturated rings. The van der Waals surface area contributed by atoms with Crippen molar-refractivity contribution in [2.24, 2.45) is 0 Å². The number of hydrogen-bond acceptors (Lipinski definition) is 4. The molecule has 0 aliphatic heterocycles. The molecule has 1 aromatic rings. The molecule has 0 aromatic carbocycles. The normalized spacial score (nSPS) is 12.0. The van der Waals surface area contributed by atoms with Gasteiger partial charge in [-0.15, -0.1) is 11.3 Å². The Balaban J connectivity index is 2.32. The zero-order chi connectivity index (χ0) is 11.3. The zero-order valence-electron chi connectivity index (χ0n) is 9.71. The van der Waals surface area contributed by atoms with E-state index in [-0.39, 0.29) is 0 Å². The van der Waals surface area contributed by atoms with Crippen LogP contribution in [0.3, 0.4) is 0 Å². The minimum absolute atomic E-state index is 0.556. The molecule has 1 rings (SSSR count). The predicted molar refractivity (Wildman–Crippen MR) is 64.1 cm³/mol. The Morgan fingerprint density at radius 1 is 1.47 bits per heavy atom. The van der Waals surface area contributed by atoms with Crippen molar-refractivity contribution < 1.29 is 5.11 Å². The van der Waals surface area contributed by atoms with E-state index in [2.05, 4.69) is 10.3 Å². The van der Waals surface area contributed by atoms with Crippen molar-refractivity contribution in [1.82, 2.24) is 10.3 Å². The molecule has 1 heterocycles. The number of aryl methyl sites for hydroxylation is 1. The van der Waals surface area contributed by atoms with Gasteiger partial charge in [-0.25, -0.2) is 4.98 Å². The molecule has 0 saturated heterocycles. The van der Waals surface area contributed by atoms with Gasteiger partial charge in [-0.3, -0.25) is 0 Å². The summed E-state index contributed by atoms with van der Waals surface area (Å²) in [6.07, 6.45) is 3.47. The van der Waals surface area contributed by atoms with Crippen LogP contribution in [-0.2, 0) is 6.54 Å². The highest BCUT2D eigenvalue weighted by atomic mass is 32.1. The van der Waals surface area contributed by atoms with Crippen LogP contribution < -0.4 is 5.32 Å². The summed E-state index contributed by atoms with van der Waals surface area (Å²) in [4.78, 5) is 5.41. The first-order valence-corrected chi connectivity index (χ1v) is 6.25. The van der Waals surface area contributed by atoms with Gasteiger partial charge in [0.05, 0.1) is 10.6 Å². The van der Waals surface area contributed by atoms with Gasteiger partial charge in [0.15, 0.2) is 0 Å². The van der Waals surface area contributed by atoms with Crippen LogP contribution in [0, 0.1) is 6.92 Å². The fourth-order valence-corrected chi connectivity index (χ4v) is 2.17. The summed E-state index contributed by atoms with van der Waals surface area (Å²) < 4.78 is 0. The monoisotopic (exact) mass is 228 g/mol. The smallest absolute Gasteiger partial charge is 0.0897 e. The Bertz CT molecular complexity index is 295. The third-order valence-electron chi connectivity index (χ3n) is 2.74. The number of nitrogens with one attached hydrogen (secondary N) is 1. The lowest BCUT2D eigenvalue weighted by atomic mass is 9.98. The van der Waals surface area contributed by atoms with Crippen LogP contribution in [0.25, 0.3) is 0 Å². The lowest BCUT2D eigenvalue weighted by Gasteiger charge is -2.25. The number of nitrogens with zero attached hydrogens (tertiary/aromatic N) is 1. The molecule has 0 amide bonds. The lowest BCUT2D eigenvalue weighted by Crippen LogP contribution is -2.39. The maximum Gasteiger partial charge on any atom is 0.0897 e. The number of aromatic nitrogens is 1. The standard InChI is InChI=1S/C11H20N2OS/c1-4-11(14,5-2)8-12-6-10-7-13-9(3)15-10/h7,12,14H,4-6,8H2,1-3H3. The molecular weight excluding hydrogens is 208 g/mol. The fraction of sp³-hybridized carbons (Fsp3) is 0.727. The number of hydrogen-bond donors (Lipinski definition) is 2. The van der Waals surface area contributed by atoms with Crippen LogP contribution in [-0.4, -0.2) is 22.2 Å². The van der Waals surface area contributed by atoms with Gasteiger partial charge in [-0.05, 0) is 19.8 Å². The largest absolute Gasteiger partial charge is 0.389 e. The molecule has 4 heteroatoms. The third-order valence-corrected chi connectivity index (χ3v) is 3.65. The molecule has 0 atom stereocenters. The first-order valence-electron chi connectivity index (χ1n) is 5.44. The Kier molecular flexibility index (Phi) is 4.70. The topological polar surface area (TPSA) is 45.1 Å². The molecule has 86 valence electrons. The molecular formula is C11H20N2OS. The van der Waals surface area contributed by atoms with Gasteiger partial charge in [-0.2, -0.15) is 0 Å². The first-order chi connectivity index (χ1) is 7.09. The Labute approximate surface area is 95.6 Å². The SMILES string of the molecule is CCC(O)(CC)CNCc1cnc(C)s1. The van der Waals surface area contributed by atoms with Crippen molar-refractivity contribution in [1.29, 1.82) is 0 Å². The molecule has 15 heavy (non-hydrogen) atoms. The summed E-state index contributed by atoms with van der Waals surface area (Å²) in [5, 5.41) is 14.4. The molecule has 0 aliphatic carbocycles. The maximum atomic E-state index is 10.0. The van der Waals surface area contributed by atoms with Crippen molar-refractivity contribution in [3.63, 3.8) is 0 Å². The maximum absolute atomic E-state index is 10.0. The van der Waals surface area contributed by atoms with Gasteiger partial charge in [0.1, 0.15) is 0 Å². The second-order valence-corrected chi connectivity index (χ2v) is 5.20. The first kappa shape index (κ1) is 12.6. The minimum atomic E-state index is -0.556. The average molecular weight is 228 g/mol. The summed E-state index contributed by atoms with van der Waals surface area (Å²) in [7, 11) is 0. The quantitative estimate of drug-likeness (QED) is 0.783. The van der Waals surface area contributed by atoms with Crippen molar-refractivity contribution >= 4 is 11.3 Å². The predicted octanol–water partition coefficient (Wildman–Crippen LogP) is 2.09. The fourth-order valence-electron chi connectivity index (χ4n) is 1.41. The van der Waals surface area contributed by atoms with E-state index in [1.807, 2.05) is 27.0 Å². The molecule has 0 spiro atoms. The van der Waals surface area contributed by atoms with E-state index in [1.165, 1.54) is 4.88 Å². The van der Waals surface area contributed by atoms with E-state index in [4.69, 9.17) is 0 Å². The summed E-state index contributed by atoms with van der Waals surface area (Å²) in [6, 6.07) is 0. The van der Waals surface area contributed by atoms with Gasteiger partial charge in [0.25, 0.3) is 0 Å². The second kappa shape index (κ2) is 5.58. The molecule has 0 saturated carbocycles. The highest BCUT2D eigenvalue weighted by molar-refractivity contribution is 7.11. The van der Waals surface area contributed by atoms with Crippen molar-refractivity contribution in [2.45, 2.75) is 45.8 Å². The van der Waals surface area contributed by atoms with Gasteiger partial charge < -0.3 is 10.4 Å². The summed E-state index contributed by atoms with van der Waals surface area (Å²) in [5.74, 6) is 0. The van der Waals surface area contributed by atoms with Crippen LogP contribution >= 0.6 is 11.3 Å². The minimum Gasteiger partial charge on any atom is -0.389 e. The van der Waals surface area contributed by atoms with E-state index < -0.39 is 5.60 Å². The molecule has 2 N–H and O–H groups in total. The molecule has 0 aliphatic rings. The summed E-state index contributed by atoms with van der Waals surface area (Å²) in [5.41, 5.74) is -0.556. The highest BCUT2D eigenvalue weighted by Gasteiger charge is 2.21. The zero-order valence-corrected chi connectivity index (χ0v) is 10.5. The summed E-state index contributed by atoms with van der Waals surface area (Å²) in [6.45, 7) is 7.48.